The first kappa shape index (κ1) is 23.5. The van der Waals surface area contributed by atoms with Gasteiger partial charge >= 0.3 is 21.1 Å². The SMILES string of the molecule is [Pt+2].c1cc2c(cn1)-c1nc-2nc2[n-]c(nc3nc(nc4[n-]c(n1)c1ccncc41)-c1ccncc1-3)c1ccncc21. The zero-order chi connectivity index (χ0) is 26.2. The van der Waals surface area contributed by atoms with Gasteiger partial charge in [0, 0.05) is 105 Å². The molecule has 12 nitrogen and oxygen atoms in total. The zero-order valence-corrected chi connectivity index (χ0v) is 22.9. The van der Waals surface area contributed by atoms with Gasteiger partial charge in [-0.25, -0.2) is 9.97 Å². The summed E-state index contributed by atoms with van der Waals surface area (Å²) in [6, 6.07) is 7.44. The van der Waals surface area contributed by atoms with Gasteiger partial charge in [-0.1, -0.05) is 0 Å². The molecule has 0 fully saturated rings. The average molecular weight is 712 g/mol. The van der Waals surface area contributed by atoms with Gasteiger partial charge < -0.3 is 29.9 Å². The van der Waals surface area contributed by atoms with E-state index in [2.05, 4.69) is 19.9 Å². The maximum atomic E-state index is 4.86. The molecular formula is C28H12N12Pt. The molecule has 13 heteroatoms. The van der Waals surface area contributed by atoms with Crippen LogP contribution in [-0.4, -0.2) is 49.8 Å². The third kappa shape index (κ3) is 3.51. The number of hydrogen-bond donors (Lipinski definition) is 0. The molecule has 2 aliphatic heterocycles. The van der Waals surface area contributed by atoms with E-state index >= 15 is 0 Å². The van der Waals surface area contributed by atoms with Crippen LogP contribution in [0.3, 0.4) is 0 Å². The van der Waals surface area contributed by atoms with Gasteiger partial charge in [-0.05, 0) is 35.0 Å². The molecule has 0 atom stereocenters. The van der Waals surface area contributed by atoms with E-state index in [4.69, 9.17) is 39.9 Å². The normalized spacial score (nSPS) is 11.7. The van der Waals surface area contributed by atoms with Gasteiger partial charge in [0.1, 0.15) is 0 Å². The standard InChI is InChI=1S/C28H12N12.Pt/c1-5-29-9-17-13(1)21-33-25(17)38-22-15-3-7-31-11-19(15)27(35-22)40-24-16-4-8-32-12-20(16)28(36-24)39-23-14-2-6-30-10-18(14)26(34-23)37-21;/h1-12H;/q-2;+2. The van der Waals surface area contributed by atoms with Crippen LogP contribution in [-0.2, 0) is 21.1 Å². The van der Waals surface area contributed by atoms with Crippen molar-refractivity contribution in [1.82, 2.24) is 59.8 Å². The molecule has 7 aromatic heterocycles. The summed E-state index contributed by atoms with van der Waals surface area (Å²) >= 11 is 0. The first-order chi connectivity index (χ1) is 19.8. The van der Waals surface area contributed by atoms with Crippen LogP contribution in [0.4, 0.5) is 0 Å². The van der Waals surface area contributed by atoms with Crippen LogP contribution < -0.4 is 9.97 Å². The quantitative estimate of drug-likeness (QED) is 0.225. The van der Waals surface area contributed by atoms with Crippen LogP contribution >= 0.6 is 0 Å². The van der Waals surface area contributed by atoms with Crippen LogP contribution in [0.25, 0.3) is 89.7 Å². The van der Waals surface area contributed by atoms with Gasteiger partial charge in [0.25, 0.3) is 0 Å². The van der Waals surface area contributed by atoms with Crippen molar-refractivity contribution < 1.29 is 21.1 Å². The first-order valence-corrected chi connectivity index (χ1v) is 12.3. The molecule has 0 N–H and O–H groups in total. The van der Waals surface area contributed by atoms with Gasteiger partial charge in [0.2, 0.25) is 0 Å². The van der Waals surface area contributed by atoms with Crippen molar-refractivity contribution in [2.45, 2.75) is 0 Å². The minimum Gasteiger partial charge on any atom is -0.357 e. The van der Waals surface area contributed by atoms with Crippen LogP contribution in [0.15, 0.2) is 73.8 Å². The topological polar surface area (TPSA) is 157 Å². The summed E-state index contributed by atoms with van der Waals surface area (Å²) in [4.78, 5) is 55.8. The Bertz CT molecular complexity index is 2040. The van der Waals surface area contributed by atoms with E-state index < -0.39 is 0 Å². The Labute approximate surface area is 243 Å². The fourth-order valence-corrected chi connectivity index (χ4v) is 5.04. The number of rotatable bonds is 0. The number of aromatic nitrogens is 12. The molecule has 9 rings (SSSR count). The molecule has 0 saturated carbocycles. The molecule has 9 heterocycles. The second kappa shape index (κ2) is 8.83. The molecule has 0 aliphatic carbocycles. The smallest absolute Gasteiger partial charge is 0.357 e. The molecule has 41 heavy (non-hydrogen) atoms. The molecule has 0 radical (unpaired) electrons. The largest absolute Gasteiger partial charge is 2.00 e. The maximum Gasteiger partial charge on any atom is 2.00 e. The average Bonchev–Trinajstić information content (AvgIpc) is 3.73. The van der Waals surface area contributed by atoms with Crippen LogP contribution in [0, 0.1) is 0 Å². The summed E-state index contributed by atoms with van der Waals surface area (Å²) in [5.41, 5.74) is 4.88. The van der Waals surface area contributed by atoms with E-state index in [1.54, 1.807) is 49.6 Å². The van der Waals surface area contributed by atoms with E-state index in [1.165, 1.54) is 0 Å². The van der Waals surface area contributed by atoms with Gasteiger partial charge in [-0.2, -0.15) is 0 Å². The van der Waals surface area contributed by atoms with Crippen molar-refractivity contribution in [2.75, 3.05) is 0 Å². The van der Waals surface area contributed by atoms with Crippen LogP contribution in [0.2, 0.25) is 0 Å². The molecule has 0 amide bonds. The van der Waals surface area contributed by atoms with Crippen molar-refractivity contribution in [1.29, 1.82) is 0 Å². The molecule has 8 bridgehead atoms. The Morgan fingerprint density at radius 2 is 0.732 bits per heavy atom. The molecule has 0 saturated heterocycles. The molecule has 2 aliphatic rings. The number of pyridine rings is 4. The van der Waals surface area contributed by atoms with Crippen molar-refractivity contribution >= 4 is 44.1 Å². The summed E-state index contributed by atoms with van der Waals surface area (Å²) in [5, 5.41) is 3.07. The molecule has 7 aromatic rings. The number of nitrogens with zero attached hydrogens (tertiary/aromatic N) is 12. The summed E-state index contributed by atoms with van der Waals surface area (Å²) in [7, 11) is 0. The Balaban J connectivity index is 0.00000256. The minimum atomic E-state index is 0. The molecule has 194 valence electrons. The number of fused-ring (bicyclic) bond motifs is 20. The van der Waals surface area contributed by atoms with E-state index in [1.807, 2.05) is 24.3 Å². The third-order valence-corrected chi connectivity index (χ3v) is 6.91. The summed E-state index contributed by atoms with van der Waals surface area (Å²) in [6.45, 7) is 0. The molecular weight excluding hydrogens is 699 g/mol. The fraction of sp³-hybridized carbons (Fsp3) is 0. The van der Waals surface area contributed by atoms with E-state index in [0.29, 0.717) is 45.9 Å². The Morgan fingerprint density at radius 3 is 1.20 bits per heavy atom. The fourth-order valence-electron chi connectivity index (χ4n) is 5.04. The van der Waals surface area contributed by atoms with Crippen molar-refractivity contribution in [2.24, 2.45) is 0 Å². The van der Waals surface area contributed by atoms with Crippen molar-refractivity contribution in [3.05, 3.63) is 73.8 Å². The third-order valence-electron chi connectivity index (χ3n) is 6.91. The second-order valence-electron chi connectivity index (χ2n) is 9.17. The van der Waals surface area contributed by atoms with Crippen molar-refractivity contribution in [3.8, 4) is 45.6 Å². The minimum absolute atomic E-state index is 0. The van der Waals surface area contributed by atoms with Gasteiger partial charge in [0.05, 0.1) is 23.3 Å². The Morgan fingerprint density at radius 1 is 0.366 bits per heavy atom. The first-order valence-electron chi connectivity index (χ1n) is 12.3. The van der Waals surface area contributed by atoms with Gasteiger partial charge in [-0.3, -0.25) is 19.9 Å². The maximum absolute atomic E-state index is 4.86. The van der Waals surface area contributed by atoms with Crippen LogP contribution in [0.5, 0.6) is 0 Å². The van der Waals surface area contributed by atoms with Crippen molar-refractivity contribution in [3.63, 3.8) is 0 Å². The molecule has 0 spiro atoms. The number of hydrogen-bond acceptors (Lipinski definition) is 10. The van der Waals surface area contributed by atoms with E-state index in [-0.39, 0.29) is 21.1 Å². The zero-order valence-electron chi connectivity index (χ0n) is 20.6. The van der Waals surface area contributed by atoms with Gasteiger partial charge in [-0.15, -0.1) is 0 Å². The van der Waals surface area contributed by atoms with E-state index in [0.717, 1.165) is 43.8 Å². The monoisotopic (exact) mass is 711 g/mol. The van der Waals surface area contributed by atoms with E-state index in [9.17, 15) is 0 Å². The predicted octanol–water partition coefficient (Wildman–Crippen LogP) is 3.70. The summed E-state index contributed by atoms with van der Waals surface area (Å²) < 4.78 is 0. The Hall–Kier alpha value is -5.35. The summed E-state index contributed by atoms with van der Waals surface area (Å²) in [6.07, 6.45) is 13.7. The summed E-state index contributed by atoms with van der Waals surface area (Å²) in [5.74, 6) is 1.81. The van der Waals surface area contributed by atoms with Gasteiger partial charge in [0.15, 0.2) is 0 Å². The second-order valence-corrected chi connectivity index (χ2v) is 9.17. The Kier molecular flexibility index (Phi) is 5.07. The molecule has 0 aromatic carbocycles. The molecule has 0 unspecified atom stereocenters. The predicted molar refractivity (Wildman–Crippen MR) is 145 cm³/mol. The van der Waals surface area contributed by atoms with Crippen LogP contribution in [0.1, 0.15) is 0 Å².